The fraction of sp³-hybridized carbons (Fsp3) is 0.360. The Bertz CT molecular complexity index is 1060. The van der Waals surface area contributed by atoms with Crippen molar-refractivity contribution in [2.24, 2.45) is 4.99 Å². The van der Waals surface area contributed by atoms with Crippen LogP contribution in [-0.2, 0) is 14.3 Å². The number of benzene rings is 2. The second kappa shape index (κ2) is 12.1. The van der Waals surface area contributed by atoms with Crippen molar-refractivity contribution in [2.75, 3.05) is 51.5 Å². The number of anilines is 1. The first-order chi connectivity index (χ1) is 17.0. The Kier molecular flexibility index (Phi) is 8.73. The molecule has 186 valence electrons. The van der Waals surface area contributed by atoms with E-state index in [4.69, 9.17) is 14.5 Å². The van der Waals surface area contributed by atoms with Crippen molar-refractivity contribution in [1.29, 1.82) is 0 Å². The molecule has 0 radical (unpaired) electrons. The Balaban J connectivity index is 1.53. The number of thioether (sulfide) groups is 1. The van der Waals surface area contributed by atoms with E-state index in [1.54, 1.807) is 30.2 Å². The number of alkyl halides is 2. The van der Waals surface area contributed by atoms with Crippen LogP contribution in [0.2, 0.25) is 0 Å². The Morgan fingerprint density at radius 1 is 1.11 bits per heavy atom. The molecule has 2 heterocycles. The zero-order chi connectivity index (χ0) is 24.6. The van der Waals surface area contributed by atoms with Gasteiger partial charge in [-0.15, -0.1) is 0 Å². The average molecular weight is 504 g/mol. The third-order valence-corrected chi connectivity index (χ3v) is 6.48. The molecule has 0 atom stereocenters. The number of nitrogens with zero attached hydrogens (tertiary/aromatic N) is 3. The molecule has 10 heteroatoms. The molecule has 2 aromatic rings. The van der Waals surface area contributed by atoms with E-state index < -0.39 is 6.61 Å². The highest BCUT2D eigenvalue weighted by Gasteiger charge is 2.33. The van der Waals surface area contributed by atoms with Crippen LogP contribution in [0.4, 0.5) is 20.2 Å². The minimum Gasteiger partial charge on any atom is -0.435 e. The lowest BCUT2D eigenvalue weighted by Gasteiger charge is -2.28. The van der Waals surface area contributed by atoms with E-state index in [-0.39, 0.29) is 11.7 Å². The van der Waals surface area contributed by atoms with Crippen molar-refractivity contribution < 1.29 is 27.8 Å². The molecule has 2 aliphatic rings. The first kappa shape index (κ1) is 25.2. The molecule has 0 bridgehead atoms. The summed E-state index contributed by atoms with van der Waals surface area (Å²) in [6, 6.07) is 14.1. The highest BCUT2D eigenvalue weighted by molar-refractivity contribution is 8.18. The molecule has 0 spiro atoms. The number of amidine groups is 1. The number of hydrogen-bond acceptors (Lipinski definition) is 7. The molecule has 2 fully saturated rings. The van der Waals surface area contributed by atoms with Crippen molar-refractivity contribution in [1.82, 2.24) is 4.90 Å². The van der Waals surface area contributed by atoms with Crippen LogP contribution in [0.5, 0.6) is 5.75 Å². The van der Waals surface area contributed by atoms with Crippen LogP contribution < -0.4 is 9.64 Å². The number of carbonyl (C=O) groups excluding carboxylic acids is 1. The molecule has 0 aromatic heterocycles. The maximum atomic E-state index is 13.2. The second-order valence-corrected chi connectivity index (χ2v) is 8.88. The molecule has 0 unspecified atom stereocenters. The molecule has 1 amide bonds. The number of amides is 1. The second-order valence-electron chi connectivity index (χ2n) is 7.87. The number of morpholine rings is 1. The summed E-state index contributed by atoms with van der Waals surface area (Å²) in [6.45, 7) is 1.27. The SMILES string of the molecule is COCCCN1C(=O)/C(=C\c2ccc(OC(F)F)cc2)SC1=Nc1ccc(N2CCOCC2)cc1. The maximum absolute atomic E-state index is 13.2. The summed E-state index contributed by atoms with van der Waals surface area (Å²) in [4.78, 5) is 22.3. The number of methoxy groups -OCH3 is 1. The van der Waals surface area contributed by atoms with E-state index in [9.17, 15) is 13.6 Å². The number of carbonyl (C=O) groups is 1. The number of hydrogen-bond donors (Lipinski definition) is 0. The summed E-state index contributed by atoms with van der Waals surface area (Å²) < 4.78 is 39.7. The molecule has 35 heavy (non-hydrogen) atoms. The number of halogens is 2. The predicted molar refractivity (Wildman–Crippen MR) is 133 cm³/mol. The maximum Gasteiger partial charge on any atom is 0.387 e. The van der Waals surface area contributed by atoms with Crippen molar-refractivity contribution in [3.8, 4) is 5.75 Å². The summed E-state index contributed by atoms with van der Waals surface area (Å²) in [5, 5.41) is 0.592. The van der Waals surface area contributed by atoms with Gasteiger partial charge in [-0.1, -0.05) is 12.1 Å². The zero-order valence-electron chi connectivity index (χ0n) is 19.4. The van der Waals surface area contributed by atoms with Crippen LogP contribution in [-0.4, -0.2) is 69.2 Å². The fourth-order valence-electron chi connectivity index (χ4n) is 3.72. The zero-order valence-corrected chi connectivity index (χ0v) is 20.2. The summed E-state index contributed by atoms with van der Waals surface area (Å²) in [5.74, 6) is -0.0841. The highest BCUT2D eigenvalue weighted by Crippen LogP contribution is 2.35. The molecule has 7 nitrogen and oxygen atoms in total. The summed E-state index contributed by atoms with van der Waals surface area (Å²) >= 11 is 1.29. The molecule has 4 rings (SSSR count). The number of ether oxygens (including phenoxy) is 3. The number of rotatable bonds is 9. The van der Waals surface area contributed by atoms with Crippen LogP contribution in [0.15, 0.2) is 58.4 Å². The lowest BCUT2D eigenvalue weighted by atomic mass is 10.2. The van der Waals surface area contributed by atoms with Crippen LogP contribution in [0, 0.1) is 0 Å². The molecular weight excluding hydrogens is 476 g/mol. The molecule has 2 aromatic carbocycles. The van der Waals surface area contributed by atoms with E-state index >= 15 is 0 Å². The average Bonchev–Trinajstić information content (AvgIpc) is 3.15. The molecule has 2 saturated heterocycles. The molecular formula is C25H27F2N3O4S. The van der Waals surface area contributed by atoms with E-state index in [0.717, 1.165) is 37.7 Å². The lowest BCUT2D eigenvalue weighted by Crippen LogP contribution is -2.36. The van der Waals surface area contributed by atoms with E-state index in [1.165, 1.54) is 23.9 Å². The van der Waals surface area contributed by atoms with Gasteiger partial charge in [0.05, 0.1) is 23.8 Å². The van der Waals surface area contributed by atoms with Gasteiger partial charge in [-0.3, -0.25) is 9.69 Å². The van der Waals surface area contributed by atoms with Gasteiger partial charge in [-0.25, -0.2) is 4.99 Å². The molecule has 0 aliphatic carbocycles. The van der Waals surface area contributed by atoms with Gasteiger partial charge in [0, 0.05) is 39.0 Å². The lowest BCUT2D eigenvalue weighted by molar-refractivity contribution is -0.122. The summed E-state index contributed by atoms with van der Waals surface area (Å²) in [7, 11) is 1.62. The first-order valence-corrected chi connectivity index (χ1v) is 12.1. The van der Waals surface area contributed by atoms with Gasteiger partial charge in [-0.2, -0.15) is 8.78 Å². The van der Waals surface area contributed by atoms with E-state index in [1.807, 2.05) is 24.3 Å². The van der Waals surface area contributed by atoms with Crippen LogP contribution in [0.1, 0.15) is 12.0 Å². The quantitative estimate of drug-likeness (QED) is 0.363. The minimum atomic E-state index is -2.88. The van der Waals surface area contributed by atoms with Gasteiger partial charge in [0.2, 0.25) is 0 Å². The molecule has 0 N–H and O–H groups in total. The smallest absolute Gasteiger partial charge is 0.387 e. The Labute approximate surface area is 207 Å². The normalized spacial score (nSPS) is 18.8. The summed E-state index contributed by atoms with van der Waals surface area (Å²) in [6.07, 6.45) is 2.40. The Hall–Kier alpha value is -2.95. The van der Waals surface area contributed by atoms with Crippen molar-refractivity contribution in [3.05, 3.63) is 59.0 Å². The van der Waals surface area contributed by atoms with Gasteiger partial charge in [0.25, 0.3) is 5.91 Å². The van der Waals surface area contributed by atoms with Crippen molar-refractivity contribution >= 4 is 40.3 Å². The van der Waals surface area contributed by atoms with Crippen LogP contribution >= 0.6 is 11.8 Å². The third kappa shape index (κ3) is 6.81. The van der Waals surface area contributed by atoms with Crippen LogP contribution in [0.3, 0.4) is 0 Å². The van der Waals surface area contributed by atoms with Gasteiger partial charge in [0.1, 0.15) is 5.75 Å². The minimum absolute atomic E-state index is 0.0662. The Morgan fingerprint density at radius 2 is 1.83 bits per heavy atom. The van der Waals surface area contributed by atoms with E-state index in [2.05, 4.69) is 9.64 Å². The van der Waals surface area contributed by atoms with Gasteiger partial charge >= 0.3 is 6.61 Å². The Morgan fingerprint density at radius 3 is 2.49 bits per heavy atom. The van der Waals surface area contributed by atoms with Gasteiger partial charge in [-0.05, 0) is 66.2 Å². The van der Waals surface area contributed by atoms with Crippen molar-refractivity contribution in [3.63, 3.8) is 0 Å². The monoisotopic (exact) mass is 503 g/mol. The first-order valence-electron chi connectivity index (χ1n) is 11.3. The van der Waals surface area contributed by atoms with E-state index in [0.29, 0.717) is 35.2 Å². The van der Waals surface area contributed by atoms with Crippen molar-refractivity contribution in [2.45, 2.75) is 13.0 Å². The predicted octanol–water partition coefficient (Wildman–Crippen LogP) is 4.77. The highest BCUT2D eigenvalue weighted by atomic mass is 32.2. The fourth-order valence-corrected chi connectivity index (χ4v) is 4.75. The van der Waals surface area contributed by atoms with Gasteiger partial charge < -0.3 is 19.1 Å². The number of aliphatic imine (C=N–C) groups is 1. The van der Waals surface area contributed by atoms with Gasteiger partial charge in [0.15, 0.2) is 5.17 Å². The largest absolute Gasteiger partial charge is 0.435 e. The third-order valence-electron chi connectivity index (χ3n) is 5.47. The topological polar surface area (TPSA) is 63.6 Å². The molecule has 2 aliphatic heterocycles. The summed E-state index contributed by atoms with van der Waals surface area (Å²) in [5.41, 5.74) is 2.57. The van der Waals surface area contributed by atoms with Crippen LogP contribution in [0.25, 0.3) is 6.08 Å². The molecule has 0 saturated carbocycles. The standard InChI is InChI=1S/C25H27F2N3O4S/c1-32-14-2-11-30-23(31)22(17-18-3-9-21(10-4-18)34-24(26)27)35-25(30)28-19-5-7-20(8-6-19)29-12-15-33-16-13-29/h3-10,17,24H,2,11-16H2,1H3/b22-17+,28-25?.